The molecule has 0 aliphatic carbocycles. The molecule has 0 saturated carbocycles. The molecule has 1 aliphatic heterocycles. The molecule has 4 aromatic rings. The number of aromatic nitrogens is 3. The lowest BCUT2D eigenvalue weighted by atomic mass is 9.91. The summed E-state index contributed by atoms with van der Waals surface area (Å²) in [5.41, 5.74) is 4.56. The maximum Gasteiger partial charge on any atom is 0.354 e. The van der Waals surface area contributed by atoms with Crippen LogP contribution in [0.3, 0.4) is 0 Å². The summed E-state index contributed by atoms with van der Waals surface area (Å²) in [7, 11) is -0.943. The number of amides is 2. The van der Waals surface area contributed by atoms with E-state index in [4.69, 9.17) is 9.84 Å². The highest BCUT2D eigenvalue weighted by Gasteiger charge is 2.32. The van der Waals surface area contributed by atoms with Crippen molar-refractivity contribution in [3.8, 4) is 5.69 Å². The molecule has 2 aromatic carbocycles. The number of carbonyl (C=O) groups is 2. The standard InChI is InChI=1S/C34H42N6O5S/c1-23-10-12-27(13-11-23)40-30(22-29(37-40)34(2,3)4)36-33(42)35-26-9-7-8-25(21-26)20-24-16-18-39(19-17-24)46(43,44)31-15-14-28(38(31)5)32(41)45-6/h7-15,21-22,24H,16-20H2,1-6H3,(H2,35,36,42). The molecule has 2 N–H and O–H groups in total. The number of piperidine rings is 1. The molecule has 46 heavy (non-hydrogen) atoms. The number of methoxy groups -OCH3 is 1. The van der Waals surface area contributed by atoms with Gasteiger partial charge in [-0.15, -0.1) is 0 Å². The second-order valence-electron chi connectivity index (χ2n) is 12.9. The molecule has 0 unspecified atom stereocenters. The van der Waals surface area contributed by atoms with Crippen molar-refractivity contribution in [2.45, 2.75) is 57.4 Å². The lowest BCUT2D eigenvalue weighted by Gasteiger charge is -2.31. The van der Waals surface area contributed by atoms with Crippen LogP contribution >= 0.6 is 0 Å². The van der Waals surface area contributed by atoms with Gasteiger partial charge < -0.3 is 14.6 Å². The van der Waals surface area contributed by atoms with Crippen LogP contribution in [0.25, 0.3) is 5.69 Å². The van der Waals surface area contributed by atoms with E-state index in [9.17, 15) is 18.0 Å². The summed E-state index contributed by atoms with van der Waals surface area (Å²) in [6.07, 6.45) is 2.16. The number of rotatable bonds is 8. The number of carbonyl (C=O) groups excluding carboxylic acids is 2. The highest BCUT2D eigenvalue weighted by molar-refractivity contribution is 7.89. The first-order valence-electron chi connectivity index (χ1n) is 15.3. The average molecular weight is 647 g/mol. The van der Waals surface area contributed by atoms with Gasteiger partial charge in [-0.25, -0.2) is 22.7 Å². The highest BCUT2D eigenvalue weighted by atomic mass is 32.2. The second-order valence-corrected chi connectivity index (χ2v) is 14.7. The van der Waals surface area contributed by atoms with E-state index in [0.717, 1.165) is 28.9 Å². The van der Waals surface area contributed by atoms with Gasteiger partial charge in [-0.3, -0.25) is 5.32 Å². The van der Waals surface area contributed by atoms with Crippen LogP contribution in [-0.2, 0) is 33.6 Å². The molecule has 11 nitrogen and oxygen atoms in total. The summed E-state index contributed by atoms with van der Waals surface area (Å²) in [6.45, 7) is 9.04. The highest BCUT2D eigenvalue weighted by Crippen LogP contribution is 2.29. The van der Waals surface area contributed by atoms with Crippen LogP contribution in [0.4, 0.5) is 16.3 Å². The lowest BCUT2D eigenvalue weighted by molar-refractivity contribution is 0.0589. The van der Waals surface area contributed by atoms with Gasteiger partial charge >= 0.3 is 12.0 Å². The van der Waals surface area contributed by atoms with Crippen molar-refractivity contribution in [1.82, 2.24) is 18.7 Å². The molecule has 12 heteroatoms. The van der Waals surface area contributed by atoms with Crippen LogP contribution in [0, 0.1) is 12.8 Å². The van der Waals surface area contributed by atoms with Gasteiger partial charge in [0.05, 0.1) is 18.5 Å². The Bertz CT molecular complexity index is 1830. The van der Waals surface area contributed by atoms with Gasteiger partial charge in [0.2, 0.25) is 0 Å². The predicted molar refractivity (Wildman–Crippen MR) is 178 cm³/mol. The molecule has 1 aliphatic rings. The fraction of sp³-hybridized carbons (Fsp3) is 0.382. The molecule has 2 amide bonds. The van der Waals surface area contributed by atoms with Crippen molar-refractivity contribution in [2.75, 3.05) is 30.8 Å². The van der Waals surface area contributed by atoms with E-state index in [2.05, 4.69) is 31.4 Å². The number of hydrogen-bond donors (Lipinski definition) is 2. The van der Waals surface area contributed by atoms with E-state index in [-0.39, 0.29) is 28.1 Å². The van der Waals surface area contributed by atoms with Crippen molar-refractivity contribution in [2.24, 2.45) is 13.0 Å². The first kappa shape index (κ1) is 33.0. The number of nitrogens with zero attached hydrogens (tertiary/aromatic N) is 4. The van der Waals surface area contributed by atoms with E-state index in [1.165, 1.54) is 28.1 Å². The molecule has 1 saturated heterocycles. The van der Waals surface area contributed by atoms with E-state index in [1.54, 1.807) is 11.7 Å². The summed E-state index contributed by atoms with van der Waals surface area (Å²) in [5, 5.41) is 10.8. The Morgan fingerprint density at radius 2 is 1.67 bits per heavy atom. The van der Waals surface area contributed by atoms with Crippen molar-refractivity contribution in [3.63, 3.8) is 0 Å². The first-order valence-corrected chi connectivity index (χ1v) is 16.8. The zero-order valence-electron chi connectivity index (χ0n) is 27.2. The summed E-state index contributed by atoms with van der Waals surface area (Å²) >= 11 is 0. The molecule has 1 fully saturated rings. The monoisotopic (exact) mass is 646 g/mol. The summed E-state index contributed by atoms with van der Waals surface area (Å²) in [5.74, 6) is 0.274. The molecule has 0 spiro atoms. The molecule has 0 atom stereocenters. The number of esters is 1. The van der Waals surface area contributed by atoms with E-state index in [0.29, 0.717) is 37.4 Å². The summed E-state index contributed by atoms with van der Waals surface area (Å²) in [6, 6.07) is 20.1. The van der Waals surface area contributed by atoms with Crippen LogP contribution in [0.1, 0.15) is 60.9 Å². The number of sulfonamides is 1. The number of aryl methyl sites for hydroxylation is 1. The van der Waals surface area contributed by atoms with Crippen molar-refractivity contribution in [3.05, 3.63) is 89.2 Å². The van der Waals surface area contributed by atoms with Gasteiger partial charge in [-0.05, 0) is 74.1 Å². The third-order valence-electron chi connectivity index (χ3n) is 8.36. The third-order valence-corrected chi connectivity index (χ3v) is 10.3. The molecule has 0 radical (unpaired) electrons. The maximum absolute atomic E-state index is 13.3. The Balaban J connectivity index is 1.21. The number of nitrogens with one attached hydrogen (secondary N) is 2. The predicted octanol–water partition coefficient (Wildman–Crippen LogP) is 5.89. The zero-order valence-corrected chi connectivity index (χ0v) is 28.0. The smallest absolute Gasteiger partial charge is 0.354 e. The minimum Gasteiger partial charge on any atom is -0.464 e. The van der Waals surface area contributed by atoms with Crippen LogP contribution in [-0.4, -0.2) is 59.3 Å². The van der Waals surface area contributed by atoms with Crippen LogP contribution in [0.2, 0.25) is 0 Å². The minimum absolute atomic E-state index is 0.0694. The topological polar surface area (TPSA) is 128 Å². The molecule has 5 rings (SSSR count). The van der Waals surface area contributed by atoms with Gasteiger partial charge in [0, 0.05) is 37.3 Å². The SMILES string of the molecule is COC(=O)c1ccc(S(=O)(=O)N2CCC(Cc3cccc(NC(=O)Nc4cc(C(C)(C)C)nn4-c4ccc(C)cc4)c3)CC2)n1C. The van der Waals surface area contributed by atoms with Crippen molar-refractivity contribution < 1.29 is 22.7 Å². The minimum atomic E-state index is -3.76. The average Bonchev–Trinajstić information content (AvgIpc) is 3.62. The van der Waals surface area contributed by atoms with E-state index in [1.807, 2.05) is 61.5 Å². The summed E-state index contributed by atoms with van der Waals surface area (Å²) in [4.78, 5) is 25.1. The fourth-order valence-corrected chi connectivity index (χ4v) is 7.30. The molecule has 3 heterocycles. The third kappa shape index (κ3) is 7.18. The van der Waals surface area contributed by atoms with E-state index >= 15 is 0 Å². The Morgan fingerprint density at radius 1 is 0.978 bits per heavy atom. The fourth-order valence-electron chi connectivity index (χ4n) is 5.65. The second kappa shape index (κ2) is 13.1. The molecule has 244 valence electrons. The quantitative estimate of drug-likeness (QED) is 0.230. The summed E-state index contributed by atoms with van der Waals surface area (Å²) < 4.78 is 36.0. The molecular formula is C34H42N6O5S. The van der Waals surface area contributed by atoms with E-state index < -0.39 is 16.0 Å². The normalized spacial score (nSPS) is 14.7. The number of hydrogen-bond acceptors (Lipinski definition) is 6. The van der Waals surface area contributed by atoms with Crippen molar-refractivity contribution in [1.29, 1.82) is 0 Å². The Hall–Kier alpha value is -4.42. The van der Waals surface area contributed by atoms with Gasteiger partial charge in [-0.1, -0.05) is 50.6 Å². The van der Waals surface area contributed by atoms with Crippen molar-refractivity contribution >= 4 is 33.5 Å². The van der Waals surface area contributed by atoms with Gasteiger partial charge in [0.15, 0.2) is 5.03 Å². The van der Waals surface area contributed by atoms with Crippen LogP contribution < -0.4 is 10.6 Å². The van der Waals surface area contributed by atoms with Crippen LogP contribution in [0.5, 0.6) is 0 Å². The Kier molecular flexibility index (Phi) is 9.41. The van der Waals surface area contributed by atoms with Crippen LogP contribution in [0.15, 0.2) is 71.8 Å². The molecule has 2 aromatic heterocycles. The maximum atomic E-state index is 13.3. The zero-order chi connectivity index (χ0) is 33.2. The lowest BCUT2D eigenvalue weighted by Crippen LogP contribution is -2.39. The number of anilines is 2. The Morgan fingerprint density at radius 3 is 2.33 bits per heavy atom. The number of benzene rings is 2. The van der Waals surface area contributed by atoms with Gasteiger partial charge in [-0.2, -0.15) is 9.40 Å². The molecule has 0 bridgehead atoms. The van der Waals surface area contributed by atoms with Gasteiger partial charge in [0.1, 0.15) is 11.5 Å². The number of ether oxygens (including phenoxy) is 1. The van der Waals surface area contributed by atoms with Gasteiger partial charge in [0.25, 0.3) is 10.0 Å². The Labute approximate surface area is 270 Å². The largest absolute Gasteiger partial charge is 0.464 e. The molecular weight excluding hydrogens is 604 g/mol. The first-order chi connectivity index (χ1) is 21.8. The number of urea groups is 1.